The lowest BCUT2D eigenvalue weighted by Gasteiger charge is -2.36. The molecule has 0 saturated carbocycles. The van der Waals surface area contributed by atoms with E-state index in [1.807, 2.05) is 25.7 Å². The summed E-state index contributed by atoms with van der Waals surface area (Å²) in [6.45, 7) is 7.56. The van der Waals surface area contributed by atoms with Gasteiger partial charge < -0.3 is 19.3 Å². The molecule has 9 heteroatoms. The van der Waals surface area contributed by atoms with E-state index in [2.05, 4.69) is 4.74 Å². The van der Waals surface area contributed by atoms with Crippen molar-refractivity contribution in [2.75, 3.05) is 38.2 Å². The first kappa shape index (κ1) is 20.5. The van der Waals surface area contributed by atoms with Crippen LogP contribution >= 0.6 is 0 Å². The van der Waals surface area contributed by atoms with Crippen molar-refractivity contribution in [2.24, 2.45) is 0 Å². The number of benzene rings is 1. The van der Waals surface area contributed by atoms with Crippen LogP contribution in [-0.2, 0) is 20.7 Å². The zero-order valence-corrected chi connectivity index (χ0v) is 16.1. The molecule has 0 atom stereocenters. The van der Waals surface area contributed by atoms with E-state index in [0.29, 0.717) is 31.7 Å². The molecule has 148 valence electrons. The highest BCUT2D eigenvalue weighted by atomic mass is 16.6. The van der Waals surface area contributed by atoms with Crippen LogP contribution in [0.1, 0.15) is 26.3 Å². The van der Waals surface area contributed by atoms with Crippen LogP contribution in [0.25, 0.3) is 0 Å². The Morgan fingerprint density at radius 3 is 2.33 bits per heavy atom. The van der Waals surface area contributed by atoms with Crippen LogP contribution in [-0.4, -0.2) is 60.8 Å². The monoisotopic (exact) mass is 379 g/mol. The van der Waals surface area contributed by atoms with Gasteiger partial charge in [-0.15, -0.1) is 0 Å². The SMILES string of the molecule is COC(=O)Cc1cc(N2CCN(C(=O)OC(C)(C)C)CC2)ccc1[N+](=O)[O-]. The van der Waals surface area contributed by atoms with E-state index in [9.17, 15) is 19.7 Å². The third-order valence-corrected chi connectivity index (χ3v) is 4.12. The lowest BCUT2D eigenvalue weighted by Crippen LogP contribution is -2.50. The van der Waals surface area contributed by atoms with Gasteiger partial charge in [0.2, 0.25) is 0 Å². The summed E-state index contributed by atoms with van der Waals surface area (Å²) in [5, 5.41) is 11.2. The molecule has 0 bridgehead atoms. The Morgan fingerprint density at radius 1 is 1.19 bits per heavy atom. The van der Waals surface area contributed by atoms with Crippen molar-refractivity contribution in [3.05, 3.63) is 33.9 Å². The Kier molecular flexibility index (Phi) is 6.24. The van der Waals surface area contributed by atoms with Crippen LogP contribution in [0.5, 0.6) is 0 Å². The molecule has 1 fully saturated rings. The first-order valence-corrected chi connectivity index (χ1v) is 8.67. The lowest BCUT2D eigenvalue weighted by atomic mass is 10.1. The fraction of sp³-hybridized carbons (Fsp3) is 0.556. The van der Waals surface area contributed by atoms with E-state index < -0.39 is 16.5 Å². The van der Waals surface area contributed by atoms with Crippen LogP contribution in [0.4, 0.5) is 16.2 Å². The van der Waals surface area contributed by atoms with Gasteiger partial charge in [-0.1, -0.05) is 0 Å². The highest BCUT2D eigenvalue weighted by Crippen LogP contribution is 2.27. The van der Waals surface area contributed by atoms with E-state index in [0.717, 1.165) is 5.69 Å². The van der Waals surface area contributed by atoms with E-state index in [1.165, 1.54) is 13.2 Å². The number of carbonyl (C=O) groups is 2. The molecule has 1 aromatic rings. The second-order valence-corrected chi connectivity index (χ2v) is 7.28. The lowest BCUT2D eigenvalue weighted by molar-refractivity contribution is -0.385. The van der Waals surface area contributed by atoms with Gasteiger partial charge in [-0.25, -0.2) is 4.79 Å². The van der Waals surface area contributed by atoms with E-state index in [4.69, 9.17) is 4.74 Å². The van der Waals surface area contributed by atoms with Crippen molar-refractivity contribution in [1.29, 1.82) is 0 Å². The van der Waals surface area contributed by atoms with Crippen LogP contribution in [0, 0.1) is 10.1 Å². The second-order valence-electron chi connectivity index (χ2n) is 7.28. The molecule has 1 saturated heterocycles. The third kappa shape index (κ3) is 5.57. The van der Waals surface area contributed by atoms with E-state index in [-0.39, 0.29) is 18.2 Å². The minimum atomic E-state index is -0.546. The number of piperazine rings is 1. The average molecular weight is 379 g/mol. The van der Waals surface area contributed by atoms with Crippen LogP contribution in [0.3, 0.4) is 0 Å². The number of rotatable bonds is 4. The number of nitro benzene ring substituents is 1. The molecule has 27 heavy (non-hydrogen) atoms. The Hall–Kier alpha value is -2.84. The molecule has 1 aromatic carbocycles. The number of esters is 1. The average Bonchev–Trinajstić information content (AvgIpc) is 2.60. The topological polar surface area (TPSA) is 102 Å². The van der Waals surface area contributed by atoms with Gasteiger partial charge in [0.15, 0.2) is 0 Å². The third-order valence-electron chi connectivity index (χ3n) is 4.12. The smallest absolute Gasteiger partial charge is 0.410 e. The van der Waals surface area contributed by atoms with Gasteiger partial charge in [-0.2, -0.15) is 0 Å². The van der Waals surface area contributed by atoms with Crippen molar-refractivity contribution in [3.63, 3.8) is 0 Å². The summed E-state index contributed by atoms with van der Waals surface area (Å²) in [6.07, 6.45) is -0.518. The number of nitrogens with zero attached hydrogens (tertiary/aromatic N) is 3. The molecule has 0 N–H and O–H groups in total. The molecule has 0 spiro atoms. The maximum Gasteiger partial charge on any atom is 0.410 e. The molecule has 9 nitrogen and oxygen atoms in total. The van der Waals surface area contributed by atoms with Crippen LogP contribution in [0.15, 0.2) is 18.2 Å². The molecular weight excluding hydrogens is 354 g/mol. The summed E-state index contributed by atoms with van der Waals surface area (Å²) in [7, 11) is 1.24. The van der Waals surface area contributed by atoms with Crippen molar-refractivity contribution >= 4 is 23.4 Å². The van der Waals surface area contributed by atoms with Gasteiger partial charge in [0, 0.05) is 43.5 Å². The van der Waals surface area contributed by atoms with E-state index in [1.54, 1.807) is 17.0 Å². The second kappa shape index (κ2) is 8.24. The van der Waals surface area contributed by atoms with E-state index >= 15 is 0 Å². The molecule has 0 aromatic heterocycles. The highest BCUT2D eigenvalue weighted by Gasteiger charge is 2.27. The largest absolute Gasteiger partial charge is 0.469 e. The molecule has 1 aliphatic rings. The zero-order valence-electron chi connectivity index (χ0n) is 16.1. The molecule has 1 aliphatic heterocycles. The van der Waals surface area contributed by atoms with Gasteiger partial charge >= 0.3 is 12.1 Å². The number of methoxy groups -OCH3 is 1. The summed E-state index contributed by atoms with van der Waals surface area (Å²) < 4.78 is 10.00. The fourth-order valence-electron chi connectivity index (χ4n) is 2.79. The predicted molar refractivity (Wildman–Crippen MR) is 98.8 cm³/mol. The van der Waals surface area contributed by atoms with Gasteiger partial charge in [0.05, 0.1) is 18.5 Å². The van der Waals surface area contributed by atoms with Crippen molar-refractivity contribution in [2.45, 2.75) is 32.8 Å². The molecule has 2 rings (SSSR count). The van der Waals surface area contributed by atoms with Gasteiger partial charge in [0.25, 0.3) is 5.69 Å². The molecule has 0 aliphatic carbocycles. The fourth-order valence-corrected chi connectivity index (χ4v) is 2.79. The normalized spacial score (nSPS) is 14.7. The summed E-state index contributed by atoms with van der Waals surface area (Å²) in [6, 6.07) is 4.69. The Morgan fingerprint density at radius 2 is 1.81 bits per heavy atom. The number of nitro groups is 1. The quantitative estimate of drug-likeness (QED) is 0.449. The Bertz CT molecular complexity index is 720. The molecule has 1 heterocycles. The molecule has 0 unspecified atom stereocenters. The van der Waals surface area contributed by atoms with Crippen molar-refractivity contribution in [1.82, 2.24) is 4.90 Å². The van der Waals surface area contributed by atoms with Gasteiger partial charge in [-0.3, -0.25) is 14.9 Å². The first-order valence-electron chi connectivity index (χ1n) is 8.67. The standard InChI is InChI=1S/C18H25N3O6/c1-18(2,3)27-17(23)20-9-7-19(8-10-20)14-5-6-15(21(24)25)13(11-14)12-16(22)26-4/h5-6,11H,7-10,12H2,1-4H3. The summed E-state index contributed by atoms with van der Waals surface area (Å²) in [5.41, 5.74) is 0.411. The van der Waals surface area contributed by atoms with Crippen LogP contribution in [0.2, 0.25) is 0 Å². The van der Waals surface area contributed by atoms with Crippen molar-refractivity contribution < 1.29 is 24.0 Å². The number of amides is 1. The van der Waals surface area contributed by atoms with Crippen molar-refractivity contribution in [3.8, 4) is 0 Å². The number of hydrogen-bond donors (Lipinski definition) is 0. The first-order chi connectivity index (χ1) is 12.6. The summed E-state index contributed by atoms with van der Waals surface area (Å²) in [4.78, 5) is 38.0. The number of hydrogen-bond acceptors (Lipinski definition) is 7. The number of ether oxygens (including phenoxy) is 2. The minimum absolute atomic E-state index is 0.114. The Balaban J connectivity index is 2.09. The van der Waals surface area contributed by atoms with Gasteiger partial charge in [-0.05, 0) is 32.9 Å². The summed E-state index contributed by atoms with van der Waals surface area (Å²) >= 11 is 0. The number of anilines is 1. The maximum absolute atomic E-state index is 12.1. The highest BCUT2D eigenvalue weighted by molar-refractivity contribution is 5.75. The van der Waals surface area contributed by atoms with Gasteiger partial charge in [0.1, 0.15) is 5.60 Å². The Labute approximate surface area is 158 Å². The molecular formula is C18H25N3O6. The molecule has 0 radical (unpaired) electrons. The minimum Gasteiger partial charge on any atom is -0.469 e. The molecule has 1 amide bonds. The zero-order chi connectivity index (χ0) is 20.2. The summed E-state index contributed by atoms with van der Waals surface area (Å²) in [5.74, 6) is -0.537. The van der Waals surface area contributed by atoms with Crippen LogP contribution < -0.4 is 4.90 Å². The number of carbonyl (C=O) groups excluding carboxylic acids is 2. The maximum atomic E-state index is 12.1. The predicted octanol–water partition coefficient (Wildman–Crippen LogP) is 2.37.